The summed E-state index contributed by atoms with van der Waals surface area (Å²) in [6.45, 7) is 1.96. The molecule has 5 aliphatic heterocycles. The second-order valence-corrected chi connectivity index (χ2v) is 15.4. The van der Waals surface area contributed by atoms with Crippen molar-refractivity contribution in [2.45, 2.75) is 0 Å². The SMILES string of the molecule is C1=CCOP2(=NP3(=NP4(=NP5(=N2)OCC=CCO5)OCC=CCO4)OCC=CCO3)OC1. The van der Waals surface area contributed by atoms with Gasteiger partial charge in [0.2, 0.25) is 0 Å². The van der Waals surface area contributed by atoms with E-state index in [1.807, 2.05) is 48.6 Å². The fourth-order valence-electron chi connectivity index (χ4n) is 2.87. The highest BCUT2D eigenvalue weighted by Gasteiger charge is 2.44. The zero-order valence-electron chi connectivity index (χ0n) is 17.1. The minimum atomic E-state index is -3.35. The van der Waals surface area contributed by atoms with Crippen LogP contribution in [-0.2, 0) is 36.2 Å². The van der Waals surface area contributed by atoms with Crippen LogP contribution in [0.15, 0.2) is 66.7 Å². The van der Waals surface area contributed by atoms with Crippen LogP contribution in [0.2, 0.25) is 0 Å². The van der Waals surface area contributed by atoms with E-state index in [9.17, 15) is 0 Å². The number of hydrogen-bond donors (Lipinski definition) is 0. The number of rotatable bonds is 0. The van der Waals surface area contributed by atoms with Crippen molar-refractivity contribution < 1.29 is 36.2 Å². The Balaban J connectivity index is 1.76. The lowest BCUT2D eigenvalue weighted by Gasteiger charge is -2.31. The van der Waals surface area contributed by atoms with Crippen molar-refractivity contribution in [1.82, 2.24) is 0 Å². The lowest BCUT2D eigenvalue weighted by atomic mass is 10.5. The summed E-state index contributed by atoms with van der Waals surface area (Å²) in [4.78, 5) is 0. The molecule has 0 amide bonds. The van der Waals surface area contributed by atoms with E-state index < -0.39 is 30.6 Å². The summed E-state index contributed by atoms with van der Waals surface area (Å²) in [6, 6.07) is 0. The van der Waals surface area contributed by atoms with Crippen LogP contribution in [0.25, 0.3) is 0 Å². The van der Waals surface area contributed by atoms with E-state index in [0.29, 0.717) is 0 Å². The Labute approximate surface area is 186 Å². The van der Waals surface area contributed by atoms with Crippen LogP contribution >= 0.6 is 30.6 Å². The summed E-state index contributed by atoms with van der Waals surface area (Å²) in [5.74, 6) is 0. The molecule has 0 radical (unpaired) electrons. The Morgan fingerprint density at radius 2 is 0.469 bits per heavy atom. The van der Waals surface area contributed by atoms with Crippen LogP contribution in [0.5, 0.6) is 0 Å². The van der Waals surface area contributed by atoms with Crippen LogP contribution in [0.4, 0.5) is 0 Å². The molecule has 0 aromatic heterocycles. The molecule has 176 valence electrons. The largest absolute Gasteiger partial charge is 0.349 e. The fraction of sp³-hybridized carbons (Fsp3) is 0.500. The van der Waals surface area contributed by atoms with Gasteiger partial charge in [0.1, 0.15) is 0 Å². The topological polar surface area (TPSA) is 123 Å². The molecule has 0 aromatic carbocycles. The van der Waals surface area contributed by atoms with Crippen molar-refractivity contribution in [1.29, 1.82) is 0 Å². The Morgan fingerprint density at radius 3 is 0.625 bits per heavy atom. The molecule has 0 bridgehead atoms. The van der Waals surface area contributed by atoms with E-state index in [-0.39, 0.29) is 52.9 Å². The quantitative estimate of drug-likeness (QED) is 0.271. The van der Waals surface area contributed by atoms with Crippen LogP contribution < -0.4 is 0 Å². The van der Waals surface area contributed by atoms with Gasteiger partial charge in [0.25, 0.3) is 0 Å². The Kier molecular flexibility index (Phi) is 7.32. The van der Waals surface area contributed by atoms with Gasteiger partial charge in [0, 0.05) is 0 Å². The Bertz CT molecular complexity index is 836. The maximum Gasteiger partial charge on any atom is 0.349 e. The molecule has 32 heavy (non-hydrogen) atoms. The minimum Gasteiger partial charge on any atom is -0.302 e. The molecule has 0 saturated heterocycles. The predicted octanol–water partition coefficient (Wildman–Crippen LogP) is 6.20. The zero-order valence-corrected chi connectivity index (χ0v) is 20.7. The summed E-state index contributed by atoms with van der Waals surface area (Å²) in [7, 11) is -13.4. The first-order valence-corrected chi connectivity index (χ1v) is 16.1. The zero-order chi connectivity index (χ0) is 21.8. The molecule has 12 nitrogen and oxygen atoms in total. The molecule has 0 aromatic rings. The van der Waals surface area contributed by atoms with Gasteiger partial charge in [-0.25, -0.2) is 0 Å². The van der Waals surface area contributed by atoms with E-state index in [4.69, 9.17) is 54.3 Å². The van der Waals surface area contributed by atoms with E-state index >= 15 is 0 Å². The molecule has 5 aliphatic rings. The minimum absolute atomic E-state index is 0.245. The van der Waals surface area contributed by atoms with Gasteiger partial charge in [0.15, 0.2) is 0 Å². The van der Waals surface area contributed by atoms with Gasteiger partial charge >= 0.3 is 30.6 Å². The summed E-state index contributed by atoms with van der Waals surface area (Å²) in [5, 5.41) is 0. The molecule has 0 unspecified atom stereocenters. The molecule has 0 aliphatic carbocycles. The molecule has 0 fully saturated rings. The van der Waals surface area contributed by atoms with Gasteiger partial charge in [0.05, 0.1) is 52.9 Å². The third-order valence-corrected chi connectivity index (χ3v) is 15.4. The van der Waals surface area contributed by atoms with Crippen LogP contribution in [0.1, 0.15) is 0 Å². The van der Waals surface area contributed by atoms with Crippen molar-refractivity contribution in [3.63, 3.8) is 0 Å². The molecular weight excluding hydrogens is 500 g/mol. The van der Waals surface area contributed by atoms with E-state index in [1.165, 1.54) is 0 Å². The maximum absolute atomic E-state index is 6.07. The van der Waals surface area contributed by atoms with E-state index in [0.717, 1.165) is 0 Å². The highest BCUT2D eigenvalue weighted by molar-refractivity contribution is 7.78. The van der Waals surface area contributed by atoms with Gasteiger partial charge in [-0.3, -0.25) is 0 Å². The third-order valence-electron chi connectivity index (χ3n) is 4.28. The number of hydrogen-bond acceptors (Lipinski definition) is 12. The average molecular weight is 524 g/mol. The highest BCUT2D eigenvalue weighted by atomic mass is 31.3. The second kappa shape index (κ2) is 10.0. The first-order chi connectivity index (χ1) is 15.7. The molecule has 16 heteroatoms. The fourth-order valence-corrected chi connectivity index (χ4v) is 15.1. The monoisotopic (exact) mass is 524 g/mol. The van der Waals surface area contributed by atoms with Crippen molar-refractivity contribution >= 4 is 30.6 Å². The first kappa shape index (κ1) is 23.3. The summed E-state index contributed by atoms with van der Waals surface area (Å²) >= 11 is 0. The number of nitrogens with zero attached hydrogens (tertiary/aromatic N) is 4. The summed E-state index contributed by atoms with van der Waals surface area (Å²) in [6.07, 6.45) is 14.7. The summed E-state index contributed by atoms with van der Waals surface area (Å²) in [5.41, 5.74) is 0. The highest BCUT2D eigenvalue weighted by Crippen LogP contribution is 2.81. The molecule has 0 saturated carbocycles. The average Bonchev–Trinajstić information content (AvgIpc) is 3.29. The maximum atomic E-state index is 6.07. The first-order valence-electron chi connectivity index (χ1n) is 9.97. The van der Waals surface area contributed by atoms with Gasteiger partial charge in [-0.15, -0.1) is 18.1 Å². The van der Waals surface area contributed by atoms with Crippen LogP contribution in [-0.4, -0.2) is 52.9 Å². The van der Waals surface area contributed by atoms with Crippen molar-refractivity contribution in [3.05, 3.63) is 48.6 Å². The van der Waals surface area contributed by atoms with Gasteiger partial charge in [-0.2, -0.15) is 0 Å². The molecule has 0 N–H and O–H groups in total. The second-order valence-electron chi connectivity index (χ2n) is 6.57. The lowest BCUT2D eigenvalue weighted by molar-refractivity contribution is 0.265. The van der Waals surface area contributed by atoms with Gasteiger partial charge in [-0.1, -0.05) is 48.6 Å². The Morgan fingerprint density at radius 1 is 0.312 bits per heavy atom. The van der Waals surface area contributed by atoms with Gasteiger partial charge in [-0.05, 0) is 0 Å². The Hall–Kier alpha value is -0.440. The summed E-state index contributed by atoms with van der Waals surface area (Å²) < 4.78 is 67.9. The molecule has 4 spiro atoms. The molecule has 5 heterocycles. The van der Waals surface area contributed by atoms with E-state index in [2.05, 4.69) is 0 Å². The lowest BCUT2D eigenvalue weighted by Crippen LogP contribution is -2.02. The van der Waals surface area contributed by atoms with Crippen molar-refractivity contribution in [2.75, 3.05) is 52.9 Å². The smallest absolute Gasteiger partial charge is 0.302 e. The normalized spacial score (nSPS) is 30.0. The third kappa shape index (κ3) is 5.28. The van der Waals surface area contributed by atoms with Crippen LogP contribution in [0, 0.1) is 0 Å². The van der Waals surface area contributed by atoms with Crippen LogP contribution in [0.3, 0.4) is 0 Å². The molecule has 0 atom stereocenters. The van der Waals surface area contributed by atoms with E-state index in [1.54, 1.807) is 0 Å². The van der Waals surface area contributed by atoms with Crippen molar-refractivity contribution in [3.8, 4) is 0 Å². The van der Waals surface area contributed by atoms with Gasteiger partial charge < -0.3 is 36.2 Å². The molecule has 5 rings (SSSR count). The molecular formula is C16H24N4O8P4. The predicted molar refractivity (Wildman–Crippen MR) is 122 cm³/mol. The standard InChI is InChI=1S/C16H24N4O8P4/c1-2-10-22-29(21-9-1)17-30(23-11-3-4-12-24-30)19-32(27-15-7-8-16-28-32)20-31(18-29)25-13-5-6-14-26-31/h1-8H,9-16H2. The van der Waals surface area contributed by atoms with Crippen molar-refractivity contribution in [2.24, 2.45) is 18.1 Å².